The van der Waals surface area contributed by atoms with E-state index in [0.717, 1.165) is 43.9 Å². The summed E-state index contributed by atoms with van der Waals surface area (Å²) in [6, 6.07) is 7.39. The smallest absolute Gasteiger partial charge is 0.176 e. The lowest BCUT2D eigenvalue weighted by Gasteiger charge is -2.22. The SMILES string of the molecule is CCOc1ccc(C(=O)CN(CC)CC2CCCO2)cc1. The molecule has 1 aromatic rings. The van der Waals surface area contributed by atoms with Gasteiger partial charge in [-0.25, -0.2) is 0 Å². The lowest BCUT2D eigenvalue weighted by Crippen LogP contribution is -2.36. The van der Waals surface area contributed by atoms with Crippen LogP contribution in [0.5, 0.6) is 5.75 Å². The Hall–Kier alpha value is -1.39. The molecule has 1 heterocycles. The lowest BCUT2D eigenvalue weighted by molar-refractivity contribution is 0.0686. The van der Waals surface area contributed by atoms with Crippen molar-refractivity contribution >= 4 is 5.78 Å². The summed E-state index contributed by atoms with van der Waals surface area (Å²) in [5, 5.41) is 0. The van der Waals surface area contributed by atoms with Gasteiger partial charge in [-0.2, -0.15) is 0 Å². The summed E-state index contributed by atoms with van der Waals surface area (Å²) in [5.74, 6) is 0.957. The van der Waals surface area contributed by atoms with Crippen LogP contribution in [0.2, 0.25) is 0 Å². The number of rotatable bonds is 8. The van der Waals surface area contributed by atoms with Crippen LogP contribution in [0.4, 0.5) is 0 Å². The summed E-state index contributed by atoms with van der Waals surface area (Å²) in [7, 11) is 0. The zero-order valence-corrected chi connectivity index (χ0v) is 13.0. The highest BCUT2D eigenvalue weighted by Crippen LogP contribution is 2.15. The minimum Gasteiger partial charge on any atom is -0.494 e. The van der Waals surface area contributed by atoms with Crippen molar-refractivity contribution in [3.05, 3.63) is 29.8 Å². The highest BCUT2D eigenvalue weighted by Gasteiger charge is 2.20. The van der Waals surface area contributed by atoms with Crippen molar-refractivity contribution in [2.45, 2.75) is 32.8 Å². The Bertz CT molecular complexity index is 438. The van der Waals surface area contributed by atoms with Crippen molar-refractivity contribution in [1.29, 1.82) is 0 Å². The molecular formula is C17H25NO3. The van der Waals surface area contributed by atoms with E-state index in [9.17, 15) is 4.79 Å². The van der Waals surface area contributed by atoms with Crippen molar-refractivity contribution in [3.8, 4) is 5.75 Å². The van der Waals surface area contributed by atoms with Crippen molar-refractivity contribution < 1.29 is 14.3 Å². The van der Waals surface area contributed by atoms with E-state index in [0.29, 0.717) is 13.2 Å². The van der Waals surface area contributed by atoms with Gasteiger partial charge in [-0.3, -0.25) is 9.69 Å². The van der Waals surface area contributed by atoms with E-state index in [4.69, 9.17) is 9.47 Å². The molecule has 1 aromatic carbocycles. The van der Waals surface area contributed by atoms with Crippen LogP contribution >= 0.6 is 0 Å². The highest BCUT2D eigenvalue weighted by atomic mass is 16.5. The summed E-state index contributed by atoms with van der Waals surface area (Å²) in [4.78, 5) is 14.5. The number of nitrogens with zero attached hydrogens (tertiary/aromatic N) is 1. The largest absolute Gasteiger partial charge is 0.494 e. The van der Waals surface area contributed by atoms with Crippen LogP contribution in [0.1, 0.15) is 37.0 Å². The van der Waals surface area contributed by atoms with E-state index in [-0.39, 0.29) is 11.9 Å². The third kappa shape index (κ3) is 4.83. The molecule has 1 saturated heterocycles. The van der Waals surface area contributed by atoms with Gasteiger partial charge in [-0.15, -0.1) is 0 Å². The fourth-order valence-electron chi connectivity index (χ4n) is 2.58. The molecule has 1 aliphatic heterocycles. The highest BCUT2D eigenvalue weighted by molar-refractivity contribution is 5.97. The van der Waals surface area contributed by atoms with E-state index in [1.807, 2.05) is 31.2 Å². The van der Waals surface area contributed by atoms with Crippen LogP contribution in [0.25, 0.3) is 0 Å². The summed E-state index contributed by atoms with van der Waals surface area (Å²) in [6.07, 6.45) is 2.53. The molecule has 4 nitrogen and oxygen atoms in total. The molecule has 0 bridgehead atoms. The molecule has 0 amide bonds. The number of Topliss-reactive ketones (excluding diaryl/α,β-unsaturated/α-hetero) is 1. The lowest BCUT2D eigenvalue weighted by atomic mass is 10.1. The summed E-state index contributed by atoms with van der Waals surface area (Å²) in [6.45, 7) is 7.68. The number of ether oxygens (including phenoxy) is 2. The Labute approximate surface area is 127 Å². The maximum Gasteiger partial charge on any atom is 0.176 e. The predicted octanol–water partition coefficient (Wildman–Crippen LogP) is 2.77. The number of hydrogen-bond acceptors (Lipinski definition) is 4. The maximum atomic E-state index is 12.3. The molecule has 1 unspecified atom stereocenters. The Morgan fingerprint density at radius 1 is 1.33 bits per heavy atom. The first kappa shape index (κ1) is 16.0. The number of carbonyl (C=O) groups excluding carboxylic acids is 1. The molecule has 0 spiro atoms. The second-order valence-electron chi connectivity index (χ2n) is 5.34. The van der Waals surface area contributed by atoms with Crippen LogP contribution in [0.15, 0.2) is 24.3 Å². The van der Waals surface area contributed by atoms with Crippen LogP contribution in [-0.2, 0) is 4.74 Å². The van der Waals surface area contributed by atoms with E-state index in [2.05, 4.69) is 11.8 Å². The van der Waals surface area contributed by atoms with Crippen LogP contribution in [0, 0.1) is 0 Å². The van der Waals surface area contributed by atoms with Gasteiger partial charge in [0.25, 0.3) is 0 Å². The third-order valence-corrected chi connectivity index (χ3v) is 3.79. The Morgan fingerprint density at radius 3 is 2.67 bits per heavy atom. The quantitative estimate of drug-likeness (QED) is 0.690. The molecule has 2 rings (SSSR count). The van der Waals surface area contributed by atoms with Gasteiger partial charge in [-0.05, 0) is 50.6 Å². The van der Waals surface area contributed by atoms with Crippen LogP contribution in [0.3, 0.4) is 0 Å². The third-order valence-electron chi connectivity index (χ3n) is 3.79. The summed E-state index contributed by atoms with van der Waals surface area (Å²) >= 11 is 0. The van der Waals surface area contributed by atoms with Crippen LogP contribution in [-0.4, -0.2) is 49.6 Å². The fourth-order valence-corrected chi connectivity index (χ4v) is 2.58. The summed E-state index contributed by atoms with van der Waals surface area (Å²) in [5.41, 5.74) is 0.740. The number of ketones is 1. The first-order valence-corrected chi connectivity index (χ1v) is 7.83. The average Bonchev–Trinajstić information content (AvgIpc) is 3.00. The van der Waals surface area contributed by atoms with E-state index in [1.165, 1.54) is 0 Å². The van der Waals surface area contributed by atoms with Gasteiger partial charge in [0.2, 0.25) is 0 Å². The fraction of sp³-hybridized carbons (Fsp3) is 0.588. The van der Waals surface area contributed by atoms with Gasteiger partial charge in [0.15, 0.2) is 5.78 Å². The zero-order chi connectivity index (χ0) is 15.1. The standard InChI is InChI=1S/C17H25NO3/c1-3-18(12-16-6-5-11-21-16)13-17(19)14-7-9-15(10-8-14)20-4-2/h7-10,16H,3-6,11-13H2,1-2H3. The topological polar surface area (TPSA) is 38.8 Å². The van der Waals surface area contributed by atoms with Gasteiger partial charge in [0.1, 0.15) is 5.75 Å². The molecule has 0 saturated carbocycles. The Kier molecular flexibility index (Phi) is 6.21. The molecule has 0 aromatic heterocycles. The first-order chi connectivity index (χ1) is 10.2. The van der Waals surface area contributed by atoms with E-state index < -0.39 is 0 Å². The zero-order valence-electron chi connectivity index (χ0n) is 13.0. The monoisotopic (exact) mass is 291 g/mol. The first-order valence-electron chi connectivity index (χ1n) is 7.83. The van der Waals surface area contributed by atoms with Crippen molar-refractivity contribution in [3.63, 3.8) is 0 Å². The molecule has 1 fully saturated rings. The van der Waals surface area contributed by atoms with Gasteiger partial charge < -0.3 is 9.47 Å². The van der Waals surface area contributed by atoms with Crippen molar-refractivity contribution in [1.82, 2.24) is 4.90 Å². The molecule has 21 heavy (non-hydrogen) atoms. The minimum atomic E-state index is 0.151. The van der Waals surface area contributed by atoms with Crippen molar-refractivity contribution in [2.24, 2.45) is 0 Å². The molecule has 1 atom stereocenters. The van der Waals surface area contributed by atoms with E-state index >= 15 is 0 Å². The molecule has 0 radical (unpaired) electrons. The summed E-state index contributed by atoms with van der Waals surface area (Å²) < 4.78 is 11.0. The molecule has 0 aliphatic carbocycles. The van der Waals surface area contributed by atoms with Gasteiger partial charge in [0, 0.05) is 18.7 Å². The van der Waals surface area contributed by atoms with Gasteiger partial charge >= 0.3 is 0 Å². The van der Waals surface area contributed by atoms with Gasteiger partial charge in [-0.1, -0.05) is 6.92 Å². The molecule has 1 aliphatic rings. The number of likely N-dealkylation sites (N-methyl/N-ethyl adjacent to an activating group) is 1. The van der Waals surface area contributed by atoms with Crippen molar-refractivity contribution in [2.75, 3.05) is 32.8 Å². The second-order valence-corrected chi connectivity index (χ2v) is 5.34. The number of carbonyl (C=O) groups is 1. The molecule has 4 heteroatoms. The Balaban J connectivity index is 1.88. The number of benzene rings is 1. The average molecular weight is 291 g/mol. The molecule has 116 valence electrons. The van der Waals surface area contributed by atoms with Crippen LogP contribution < -0.4 is 4.74 Å². The minimum absolute atomic E-state index is 0.151. The second kappa shape index (κ2) is 8.15. The predicted molar refractivity (Wildman–Crippen MR) is 83.0 cm³/mol. The molecular weight excluding hydrogens is 266 g/mol. The number of hydrogen-bond donors (Lipinski definition) is 0. The molecule has 0 N–H and O–H groups in total. The Morgan fingerprint density at radius 2 is 2.10 bits per heavy atom. The van der Waals surface area contributed by atoms with E-state index in [1.54, 1.807) is 0 Å². The maximum absolute atomic E-state index is 12.3. The normalized spacial score (nSPS) is 18.1. The van der Waals surface area contributed by atoms with Gasteiger partial charge in [0.05, 0.1) is 19.3 Å².